The standard InChI is InChI=1S/C14H18N2O3/c17-13-11(14(18)19)15-12(16-13)10-8-2-6-1-7(4-8)5-9(10)3-6/h6-10,17H,1-5H2,(H,15,16)(H,18,19). The van der Waals surface area contributed by atoms with E-state index in [1.165, 1.54) is 32.1 Å². The number of aromatic hydroxyl groups is 1. The molecule has 1 heterocycles. The smallest absolute Gasteiger partial charge is 0.358 e. The first kappa shape index (κ1) is 11.3. The molecule has 0 amide bonds. The maximum Gasteiger partial charge on any atom is 0.358 e. The minimum Gasteiger partial charge on any atom is -0.492 e. The Labute approximate surface area is 111 Å². The molecular weight excluding hydrogens is 244 g/mol. The molecule has 4 aliphatic carbocycles. The molecule has 4 bridgehead atoms. The fourth-order valence-corrected chi connectivity index (χ4v) is 5.06. The summed E-state index contributed by atoms with van der Waals surface area (Å²) in [5.41, 5.74) is -0.163. The molecule has 0 aromatic carbocycles. The maximum absolute atomic E-state index is 11.0. The Kier molecular flexibility index (Phi) is 2.23. The van der Waals surface area contributed by atoms with Gasteiger partial charge in [-0.1, -0.05) is 0 Å². The van der Waals surface area contributed by atoms with Crippen LogP contribution in [0.25, 0.3) is 0 Å². The van der Waals surface area contributed by atoms with Gasteiger partial charge in [-0.25, -0.2) is 4.79 Å². The van der Waals surface area contributed by atoms with Crippen LogP contribution in [0.3, 0.4) is 0 Å². The average molecular weight is 262 g/mol. The lowest BCUT2D eigenvalue weighted by Gasteiger charge is -2.53. The van der Waals surface area contributed by atoms with Gasteiger partial charge in [0.15, 0.2) is 5.69 Å². The van der Waals surface area contributed by atoms with Crippen molar-refractivity contribution in [2.45, 2.75) is 38.0 Å². The lowest BCUT2D eigenvalue weighted by atomic mass is 9.52. The molecule has 5 nitrogen and oxygen atoms in total. The summed E-state index contributed by atoms with van der Waals surface area (Å²) < 4.78 is 0. The van der Waals surface area contributed by atoms with Crippen molar-refractivity contribution in [2.75, 3.05) is 0 Å². The topological polar surface area (TPSA) is 86.2 Å². The zero-order chi connectivity index (χ0) is 13.1. The molecule has 19 heavy (non-hydrogen) atoms. The predicted molar refractivity (Wildman–Crippen MR) is 67.0 cm³/mol. The summed E-state index contributed by atoms with van der Waals surface area (Å²) in [6.07, 6.45) is 6.40. The molecule has 1 aromatic heterocycles. The first-order chi connectivity index (χ1) is 9.11. The fourth-order valence-electron chi connectivity index (χ4n) is 5.06. The van der Waals surface area contributed by atoms with Crippen LogP contribution in [0.4, 0.5) is 0 Å². The third-order valence-corrected chi connectivity index (χ3v) is 5.46. The molecule has 0 aliphatic heterocycles. The molecule has 0 saturated heterocycles. The number of carboxylic acid groups (broad SMARTS) is 1. The van der Waals surface area contributed by atoms with Crippen molar-refractivity contribution < 1.29 is 15.0 Å². The number of hydrogen-bond donors (Lipinski definition) is 3. The molecule has 5 rings (SSSR count). The lowest BCUT2D eigenvalue weighted by Crippen LogP contribution is -2.44. The van der Waals surface area contributed by atoms with Gasteiger partial charge in [0.25, 0.3) is 0 Å². The molecular formula is C14H18N2O3. The van der Waals surface area contributed by atoms with Crippen molar-refractivity contribution in [3.63, 3.8) is 0 Å². The number of imidazole rings is 1. The lowest BCUT2D eigenvalue weighted by molar-refractivity contribution is -0.00550. The average Bonchev–Trinajstić information content (AvgIpc) is 2.69. The van der Waals surface area contributed by atoms with E-state index < -0.39 is 5.97 Å². The van der Waals surface area contributed by atoms with Gasteiger partial charge in [0, 0.05) is 5.92 Å². The third-order valence-electron chi connectivity index (χ3n) is 5.46. The van der Waals surface area contributed by atoms with Gasteiger partial charge >= 0.3 is 5.97 Å². The summed E-state index contributed by atoms with van der Waals surface area (Å²) in [7, 11) is 0. The highest BCUT2D eigenvalue weighted by atomic mass is 16.4. The largest absolute Gasteiger partial charge is 0.492 e. The highest BCUT2D eigenvalue weighted by Gasteiger charge is 2.49. The van der Waals surface area contributed by atoms with E-state index in [9.17, 15) is 9.90 Å². The summed E-state index contributed by atoms with van der Waals surface area (Å²) in [6.45, 7) is 0. The molecule has 0 atom stereocenters. The number of rotatable bonds is 2. The molecule has 4 aliphatic rings. The molecule has 3 N–H and O–H groups in total. The Morgan fingerprint density at radius 1 is 1.11 bits per heavy atom. The summed E-state index contributed by atoms with van der Waals surface area (Å²) >= 11 is 0. The first-order valence-corrected chi connectivity index (χ1v) is 7.14. The van der Waals surface area contributed by atoms with Crippen molar-refractivity contribution in [1.82, 2.24) is 9.97 Å². The summed E-state index contributed by atoms with van der Waals surface area (Å²) in [5, 5.41) is 18.6. The van der Waals surface area contributed by atoms with Crippen molar-refractivity contribution in [2.24, 2.45) is 23.7 Å². The Bertz CT molecular complexity index is 509. The van der Waals surface area contributed by atoms with Crippen LogP contribution in [0, 0.1) is 23.7 Å². The maximum atomic E-state index is 11.0. The quantitative estimate of drug-likeness (QED) is 0.763. The number of H-pyrrole nitrogens is 1. The minimum absolute atomic E-state index is 0.163. The number of aromatic nitrogens is 2. The fraction of sp³-hybridized carbons (Fsp3) is 0.714. The number of carbonyl (C=O) groups is 1. The Morgan fingerprint density at radius 2 is 1.68 bits per heavy atom. The van der Waals surface area contributed by atoms with Gasteiger partial charge in [-0.3, -0.25) is 0 Å². The minimum atomic E-state index is -1.14. The number of carboxylic acids is 1. The SMILES string of the molecule is O=C(O)c1[nH]c(C2C3CC4CC(C3)CC2C4)nc1O. The highest BCUT2D eigenvalue weighted by Crippen LogP contribution is 2.59. The van der Waals surface area contributed by atoms with Crippen LogP contribution >= 0.6 is 0 Å². The number of nitrogens with one attached hydrogen (secondary N) is 1. The van der Waals surface area contributed by atoms with Crippen LogP contribution in [0.15, 0.2) is 0 Å². The van der Waals surface area contributed by atoms with E-state index in [0.717, 1.165) is 11.8 Å². The van der Waals surface area contributed by atoms with E-state index in [-0.39, 0.29) is 11.6 Å². The van der Waals surface area contributed by atoms with Gasteiger partial charge < -0.3 is 15.2 Å². The Morgan fingerprint density at radius 3 is 2.16 bits per heavy atom. The van der Waals surface area contributed by atoms with Crippen molar-refractivity contribution in [3.05, 3.63) is 11.5 Å². The molecule has 4 saturated carbocycles. The van der Waals surface area contributed by atoms with Crippen molar-refractivity contribution in [3.8, 4) is 5.88 Å². The number of aromatic carboxylic acids is 1. The zero-order valence-electron chi connectivity index (χ0n) is 10.7. The number of nitrogens with zero attached hydrogens (tertiary/aromatic N) is 1. The molecule has 0 radical (unpaired) electrons. The van der Waals surface area contributed by atoms with Gasteiger partial charge in [0.2, 0.25) is 5.88 Å². The van der Waals surface area contributed by atoms with Gasteiger partial charge in [-0.2, -0.15) is 4.98 Å². The summed E-state index contributed by atoms with van der Waals surface area (Å²) in [5.74, 6) is 2.53. The molecule has 0 unspecified atom stereocenters. The van der Waals surface area contributed by atoms with E-state index in [2.05, 4.69) is 9.97 Å². The van der Waals surface area contributed by atoms with Crippen LogP contribution < -0.4 is 0 Å². The number of hydrogen-bond acceptors (Lipinski definition) is 3. The third kappa shape index (κ3) is 1.60. The van der Waals surface area contributed by atoms with Crippen LogP contribution in [0.1, 0.15) is 54.3 Å². The number of aromatic amines is 1. The summed E-state index contributed by atoms with van der Waals surface area (Å²) in [6, 6.07) is 0. The van der Waals surface area contributed by atoms with Crippen LogP contribution in [0.2, 0.25) is 0 Å². The van der Waals surface area contributed by atoms with E-state index in [4.69, 9.17) is 5.11 Å². The monoisotopic (exact) mass is 262 g/mol. The van der Waals surface area contributed by atoms with E-state index in [1.54, 1.807) is 0 Å². The van der Waals surface area contributed by atoms with Crippen LogP contribution in [-0.4, -0.2) is 26.2 Å². The molecule has 5 heteroatoms. The van der Waals surface area contributed by atoms with Crippen molar-refractivity contribution in [1.29, 1.82) is 0 Å². The highest BCUT2D eigenvalue weighted by molar-refractivity contribution is 5.87. The van der Waals surface area contributed by atoms with Gasteiger partial charge in [0.1, 0.15) is 5.82 Å². The van der Waals surface area contributed by atoms with Crippen LogP contribution in [-0.2, 0) is 0 Å². The summed E-state index contributed by atoms with van der Waals surface area (Å²) in [4.78, 5) is 17.9. The van der Waals surface area contributed by atoms with E-state index >= 15 is 0 Å². The van der Waals surface area contributed by atoms with Gasteiger partial charge in [0.05, 0.1) is 0 Å². The second-order valence-corrected chi connectivity index (χ2v) is 6.58. The zero-order valence-corrected chi connectivity index (χ0v) is 10.7. The van der Waals surface area contributed by atoms with Gasteiger partial charge in [-0.15, -0.1) is 0 Å². The van der Waals surface area contributed by atoms with Crippen molar-refractivity contribution >= 4 is 5.97 Å². The molecule has 0 spiro atoms. The predicted octanol–water partition coefficient (Wildman–Crippen LogP) is 2.35. The Hall–Kier alpha value is -1.52. The second kappa shape index (κ2) is 3.74. The molecule has 4 fully saturated rings. The second-order valence-electron chi connectivity index (χ2n) is 6.58. The first-order valence-electron chi connectivity index (χ1n) is 7.14. The molecule has 1 aromatic rings. The van der Waals surface area contributed by atoms with E-state index in [0.29, 0.717) is 23.6 Å². The molecule has 102 valence electrons. The Balaban J connectivity index is 1.69. The van der Waals surface area contributed by atoms with Crippen LogP contribution in [0.5, 0.6) is 5.88 Å². The van der Waals surface area contributed by atoms with Gasteiger partial charge in [-0.05, 0) is 55.8 Å². The normalized spacial score (nSPS) is 39.7. The van der Waals surface area contributed by atoms with E-state index in [1.807, 2.05) is 0 Å².